The summed E-state index contributed by atoms with van der Waals surface area (Å²) < 4.78 is 13.6. The van der Waals surface area contributed by atoms with Crippen molar-refractivity contribution in [3.05, 3.63) is 46.3 Å². The zero-order valence-corrected chi connectivity index (χ0v) is 18.8. The van der Waals surface area contributed by atoms with Crippen molar-refractivity contribution in [1.29, 1.82) is 0 Å². The number of phenols is 1. The van der Waals surface area contributed by atoms with Crippen LogP contribution in [0.3, 0.4) is 0 Å². The largest absolute Gasteiger partial charge is 0.505 e. The number of aliphatic hydroxyl groups is 2. The molecule has 0 radical (unpaired) electrons. The number of phenolic OH excluding ortho intramolecular Hbond substituents is 1. The first-order valence-corrected chi connectivity index (χ1v) is 11.2. The molecule has 1 aliphatic heterocycles. The molecule has 0 aromatic heterocycles. The number of rotatable bonds is 8. The Bertz CT molecular complexity index is 954. The van der Waals surface area contributed by atoms with Gasteiger partial charge in [0.15, 0.2) is 11.6 Å². The van der Waals surface area contributed by atoms with Crippen LogP contribution in [0.15, 0.2) is 34.9 Å². The molecule has 0 unspecified atom stereocenters. The van der Waals surface area contributed by atoms with Crippen LogP contribution in [0.25, 0.3) is 6.08 Å². The fraction of sp³-hybridized carbons (Fsp3) is 0.520. The maximum Gasteiger partial charge on any atom is 0.233 e. The van der Waals surface area contributed by atoms with Gasteiger partial charge in [-0.3, -0.25) is 14.5 Å². The van der Waals surface area contributed by atoms with Gasteiger partial charge in [-0.05, 0) is 55.4 Å². The first-order chi connectivity index (χ1) is 15.2. The number of aliphatic hydroxyl groups excluding tert-OH is 2. The summed E-state index contributed by atoms with van der Waals surface area (Å²) in [6.07, 6.45) is 3.73. The Balaban J connectivity index is 1.81. The molecule has 2 aliphatic rings. The summed E-state index contributed by atoms with van der Waals surface area (Å²) in [4.78, 5) is 26.3. The van der Waals surface area contributed by atoms with Crippen molar-refractivity contribution < 1.29 is 29.3 Å². The summed E-state index contributed by atoms with van der Waals surface area (Å²) in [6.45, 7) is 3.64. The van der Waals surface area contributed by atoms with Gasteiger partial charge in [-0.1, -0.05) is 37.1 Å². The number of hydrogen-bond acceptors (Lipinski definition) is 5. The molecular formula is C25H32FNO5. The van der Waals surface area contributed by atoms with E-state index in [1.54, 1.807) is 6.07 Å². The lowest BCUT2D eigenvalue weighted by Crippen LogP contribution is -2.39. The number of benzene rings is 1. The zero-order valence-electron chi connectivity index (χ0n) is 18.8. The second-order valence-electron chi connectivity index (χ2n) is 8.69. The van der Waals surface area contributed by atoms with Crippen LogP contribution in [-0.2, 0) is 9.59 Å². The lowest BCUT2D eigenvalue weighted by atomic mass is 9.67. The number of amides is 2. The number of allylic oxidation sites excluding steroid dienone is 2. The van der Waals surface area contributed by atoms with Crippen LogP contribution >= 0.6 is 0 Å². The predicted molar refractivity (Wildman–Crippen MR) is 119 cm³/mol. The van der Waals surface area contributed by atoms with Gasteiger partial charge in [-0.15, -0.1) is 0 Å². The normalized spacial score (nSPS) is 24.9. The molecule has 1 aromatic rings. The number of halogens is 1. The van der Waals surface area contributed by atoms with E-state index in [2.05, 4.69) is 0 Å². The van der Waals surface area contributed by atoms with E-state index >= 15 is 0 Å². The Morgan fingerprint density at radius 1 is 1.28 bits per heavy atom. The third kappa shape index (κ3) is 4.50. The number of hydrogen-bond donors (Lipinski definition) is 3. The highest BCUT2D eigenvalue weighted by molar-refractivity contribution is 6.05. The maximum atomic E-state index is 13.6. The lowest BCUT2D eigenvalue weighted by Gasteiger charge is -2.36. The van der Waals surface area contributed by atoms with Crippen molar-refractivity contribution in [3.63, 3.8) is 0 Å². The summed E-state index contributed by atoms with van der Waals surface area (Å²) in [7, 11) is 1.48. The summed E-state index contributed by atoms with van der Waals surface area (Å²) >= 11 is 0. The Labute approximate surface area is 188 Å². The molecule has 174 valence electrons. The molecule has 3 rings (SSSR count). The summed E-state index contributed by atoms with van der Waals surface area (Å²) in [5.41, 5.74) is 3.27. The quantitative estimate of drug-likeness (QED) is 0.421. The van der Waals surface area contributed by atoms with Crippen molar-refractivity contribution >= 4 is 17.9 Å². The SMILES string of the molecule is CCC1=C([C@H](O)CC/C(=C/c2ccc(O)c(F)c2)CC)[C@H](CO)[C@@H]2C(=O)N(C)C(=O)[C@@H]2C1. The summed E-state index contributed by atoms with van der Waals surface area (Å²) in [6, 6.07) is 4.20. The number of imide groups is 1. The molecule has 1 saturated heterocycles. The molecule has 0 spiro atoms. The number of likely N-dealkylation sites (tertiary alicyclic amines) is 1. The van der Waals surface area contributed by atoms with Crippen molar-refractivity contribution in [1.82, 2.24) is 4.90 Å². The molecule has 4 atom stereocenters. The van der Waals surface area contributed by atoms with Gasteiger partial charge >= 0.3 is 0 Å². The van der Waals surface area contributed by atoms with E-state index in [0.717, 1.165) is 16.0 Å². The van der Waals surface area contributed by atoms with Gasteiger partial charge < -0.3 is 15.3 Å². The van der Waals surface area contributed by atoms with Gasteiger partial charge in [-0.2, -0.15) is 0 Å². The molecule has 1 heterocycles. The number of aromatic hydroxyl groups is 1. The molecule has 32 heavy (non-hydrogen) atoms. The number of carbonyl (C=O) groups excluding carboxylic acids is 2. The van der Waals surface area contributed by atoms with Crippen molar-refractivity contribution in [2.45, 2.75) is 52.1 Å². The monoisotopic (exact) mass is 445 g/mol. The summed E-state index contributed by atoms with van der Waals surface area (Å²) in [5, 5.41) is 30.6. The molecule has 1 aliphatic carbocycles. The molecular weight excluding hydrogens is 413 g/mol. The van der Waals surface area contributed by atoms with Crippen LogP contribution in [0.2, 0.25) is 0 Å². The van der Waals surface area contributed by atoms with Crippen molar-refractivity contribution in [2.24, 2.45) is 17.8 Å². The molecule has 1 fully saturated rings. The summed E-state index contributed by atoms with van der Waals surface area (Å²) in [5.74, 6) is -3.25. The van der Waals surface area contributed by atoms with Gasteiger partial charge in [0.05, 0.1) is 24.5 Å². The molecule has 1 aromatic carbocycles. The van der Waals surface area contributed by atoms with Gasteiger partial charge in [0, 0.05) is 13.0 Å². The second kappa shape index (κ2) is 9.96. The minimum atomic E-state index is -0.844. The van der Waals surface area contributed by atoms with Crippen molar-refractivity contribution in [3.8, 4) is 5.75 Å². The van der Waals surface area contributed by atoms with Gasteiger partial charge in [0.2, 0.25) is 11.8 Å². The highest BCUT2D eigenvalue weighted by Crippen LogP contribution is 2.46. The van der Waals surface area contributed by atoms with Crippen LogP contribution in [0.4, 0.5) is 4.39 Å². The Morgan fingerprint density at radius 2 is 2.00 bits per heavy atom. The molecule has 0 saturated carbocycles. The Kier molecular flexibility index (Phi) is 7.51. The fourth-order valence-electron chi connectivity index (χ4n) is 5.13. The smallest absolute Gasteiger partial charge is 0.233 e. The highest BCUT2D eigenvalue weighted by Gasteiger charge is 2.53. The standard InChI is InChI=1S/C25H32FNO5/c1-4-14(10-15-7-8-20(29)19(26)11-15)6-9-21(30)22-16(5-2)12-17-23(18(22)13-28)25(32)27(3)24(17)31/h7-8,10-11,17-18,21,23,28-30H,4-6,9,12-13H2,1-3H3/b14-10+/t17-,18+,21-,23-/m1/s1. The fourth-order valence-corrected chi connectivity index (χ4v) is 5.13. The van der Waals surface area contributed by atoms with E-state index in [4.69, 9.17) is 0 Å². The minimum absolute atomic E-state index is 0.213. The molecule has 0 bridgehead atoms. The Morgan fingerprint density at radius 3 is 2.59 bits per heavy atom. The van der Waals surface area contributed by atoms with Gasteiger partial charge in [0.25, 0.3) is 0 Å². The topological polar surface area (TPSA) is 98.1 Å². The van der Waals surface area contributed by atoms with E-state index < -0.39 is 35.4 Å². The highest BCUT2D eigenvalue weighted by atomic mass is 19.1. The van der Waals surface area contributed by atoms with E-state index in [-0.39, 0.29) is 18.4 Å². The molecule has 2 amide bonds. The van der Waals surface area contributed by atoms with E-state index in [1.165, 1.54) is 19.2 Å². The Hall–Kier alpha value is -2.51. The molecule has 7 heteroatoms. The van der Waals surface area contributed by atoms with E-state index in [1.807, 2.05) is 19.9 Å². The van der Waals surface area contributed by atoms with E-state index in [0.29, 0.717) is 43.2 Å². The second-order valence-corrected chi connectivity index (χ2v) is 8.69. The molecule has 6 nitrogen and oxygen atoms in total. The maximum absolute atomic E-state index is 13.6. The van der Waals surface area contributed by atoms with Crippen LogP contribution in [-0.4, -0.2) is 51.8 Å². The number of carbonyl (C=O) groups is 2. The third-order valence-corrected chi connectivity index (χ3v) is 6.92. The van der Waals surface area contributed by atoms with E-state index in [9.17, 15) is 29.3 Å². The van der Waals surface area contributed by atoms with Crippen LogP contribution in [0, 0.1) is 23.6 Å². The first kappa shape index (κ1) is 24.1. The zero-order chi connectivity index (χ0) is 23.6. The van der Waals surface area contributed by atoms with Gasteiger partial charge in [0.1, 0.15) is 0 Å². The van der Waals surface area contributed by atoms with Gasteiger partial charge in [-0.25, -0.2) is 4.39 Å². The average molecular weight is 446 g/mol. The lowest BCUT2D eigenvalue weighted by molar-refractivity contribution is -0.138. The third-order valence-electron chi connectivity index (χ3n) is 6.92. The van der Waals surface area contributed by atoms with Crippen molar-refractivity contribution in [2.75, 3.05) is 13.7 Å². The average Bonchev–Trinajstić information content (AvgIpc) is 3.01. The minimum Gasteiger partial charge on any atom is -0.505 e. The number of nitrogens with zero attached hydrogens (tertiary/aromatic N) is 1. The number of fused-ring (bicyclic) bond motifs is 1. The van der Waals surface area contributed by atoms with Crippen LogP contribution in [0.1, 0.15) is 51.5 Å². The van der Waals surface area contributed by atoms with Crippen LogP contribution < -0.4 is 0 Å². The molecule has 3 N–H and O–H groups in total. The predicted octanol–water partition coefficient (Wildman–Crippen LogP) is 3.42. The first-order valence-electron chi connectivity index (χ1n) is 11.2. The van der Waals surface area contributed by atoms with Crippen LogP contribution in [0.5, 0.6) is 5.75 Å².